The fourth-order valence-corrected chi connectivity index (χ4v) is 3.63. The number of rotatable bonds is 2. The molecule has 2 nitrogen and oxygen atoms in total. The highest BCUT2D eigenvalue weighted by molar-refractivity contribution is 7.99. The van der Waals surface area contributed by atoms with Crippen molar-refractivity contribution in [3.63, 3.8) is 0 Å². The third-order valence-corrected chi connectivity index (χ3v) is 4.60. The third kappa shape index (κ3) is 2.12. The molecule has 0 saturated carbocycles. The van der Waals surface area contributed by atoms with E-state index in [2.05, 4.69) is 24.1 Å². The molecular formula is C10H16N2S2. The lowest BCUT2D eigenvalue weighted by Gasteiger charge is -2.22. The van der Waals surface area contributed by atoms with Gasteiger partial charge in [-0.05, 0) is 13.3 Å². The van der Waals surface area contributed by atoms with Crippen LogP contribution in [-0.2, 0) is 6.42 Å². The molecule has 2 heterocycles. The fourth-order valence-electron chi connectivity index (χ4n) is 1.75. The lowest BCUT2D eigenvalue weighted by Crippen LogP contribution is -2.31. The van der Waals surface area contributed by atoms with Gasteiger partial charge in [0.1, 0.15) is 0 Å². The molecule has 1 atom stereocenters. The smallest absolute Gasteiger partial charge is 0.0900 e. The van der Waals surface area contributed by atoms with Crippen molar-refractivity contribution in [2.75, 3.05) is 18.1 Å². The van der Waals surface area contributed by atoms with Crippen LogP contribution in [0.3, 0.4) is 0 Å². The molecule has 1 aromatic rings. The zero-order chi connectivity index (χ0) is 9.97. The number of aryl methyl sites for hydroxylation is 2. The Morgan fingerprint density at radius 1 is 1.57 bits per heavy atom. The van der Waals surface area contributed by atoms with Crippen LogP contribution >= 0.6 is 23.1 Å². The first-order chi connectivity index (χ1) is 6.81. The minimum absolute atomic E-state index is 0.494. The van der Waals surface area contributed by atoms with Gasteiger partial charge in [0.25, 0.3) is 0 Å². The number of aromatic nitrogens is 1. The highest BCUT2D eigenvalue weighted by Gasteiger charge is 2.20. The molecule has 0 spiro atoms. The Balaban J connectivity index is 2.20. The zero-order valence-electron chi connectivity index (χ0n) is 8.67. The molecule has 14 heavy (non-hydrogen) atoms. The van der Waals surface area contributed by atoms with Gasteiger partial charge in [-0.15, -0.1) is 11.3 Å². The van der Waals surface area contributed by atoms with Gasteiger partial charge in [0.2, 0.25) is 0 Å². The van der Waals surface area contributed by atoms with Crippen LogP contribution in [0.1, 0.15) is 28.5 Å². The van der Waals surface area contributed by atoms with Crippen molar-refractivity contribution in [2.24, 2.45) is 0 Å². The van der Waals surface area contributed by atoms with Crippen LogP contribution in [0.15, 0.2) is 0 Å². The average molecular weight is 228 g/mol. The Labute approximate surface area is 93.5 Å². The van der Waals surface area contributed by atoms with E-state index in [0.717, 1.165) is 13.0 Å². The van der Waals surface area contributed by atoms with E-state index in [1.165, 1.54) is 27.1 Å². The first-order valence-electron chi connectivity index (χ1n) is 5.08. The monoisotopic (exact) mass is 228 g/mol. The van der Waals surface area contributed by atoms with Gasteiger partial charge in [-0.2, -0.15) is 11.8 Å². The highest BCUT2D eigenvalue weighted by atomic mass is 32.2. The molecule has 0 aliphatic carbocycles. The van der Waals surface area contributed by atoms with E-state index in [0.29, 0.717) is 6.04 Å². The summed E-state index contributed by atoms with van der Waals surface area (Å²) in [4.78, 5) is 6.11. The SMILES string of the molecule is CCc1sc(C)nc1C1CSCCN1. The molecule has 2 rings (SSSR count). The number of thiazole rings is 1. The summed E-state index contributed by atoms with van der Waals surface area (Å²) in [6.45, 7) is 5.44. The van der Waals surface area contributed by atoms with Gasteiger partial charge in [0.05, 0.1) is 16.7 Å². The van der Waals surface area contributed by atoms with Gasteiger partial charge in [0, 0.05) is 22.9 Å². The first-order valence-corrected chi connectivity index (χ1v) is 7.05. The van der Waals surface area contributed by atoms with Crippen LogP contribution in [0, 0.1) is 6.92 Å². The molecule has 4 heteroatoms. The summed E-state index contributed by atoms with van der Waals surface area (Å²) in [6, 6.07) is 0.494. The van der Waals surface area contributed by atoms with E-state index < -0.39 is 0 Å². The lowest BCUT2D eigenvalue weighted by molar-refractivity contribution is 0.578. The van der Waals surface area contributed by atoms with E-state index in [-0.39, 0.29) is 0 Å². The van der Waals surface area contributed by atoms with E-state index in [1.54, 1.807) is 0 Å². The molecule has 0 aromatic carbocycles. The minimum atomic E-state index is 0.494. The Kier molecular flexibility index (Phi) is 3.47. The van der Waals surface area contributed by atoms with Crippen molar-refractivity contribution < 1.29 is 0 Å². The number of nitrogens with zero attached hydrogens (tertiary/aromatic N) is 1. The second-order valence-corrected chi connectivity index (χ2v) is 5.91. The normalized spacial score (nSPS) is 22.6. The number of hydrogen-bond acceptors (Lipinski definition) is 4. The Morgan fingerprint density at radius 3 is 3.07 bits per heavy atom. The van der Waals surface area contributed by atoms with E-state index in [1.807, 2.05) is 23.1 Å². The predicted octanol–water partition coefficient (Wildman–Crippen LogP) is 2.39. The predicted molar refractivity (Wildman–Crippen MR) is 64.3 cm³/mol. The summed E-state index contributed by atoms with van der Waals surface area (Å²) >= 11 is 3.88. The summed E-state index contributed by atoms with van der Waals surface area (Å²) in [6.07, 6.45) is 1.11. The summed E-state index contributed by atoms with van der Waals surface area (Å²) in [7, 11) is 0. The van der Waals surface area contributed by atoms with Crippen molar-refractivity contribution >= 4 is 23.1 Å². The van der Waals surface area contributed by atoms with Crippen LogP contribution in [0.4, 0.5) is 0 Å². The second-order valence-electron chi connectivity index (χ2n) is 3.48. The molecule has 1 aliphatic rings. The quantitative estimate of drug-likeness (QED) is 0.841. The molecule has 1 fully saturated rings. The maximum Gasteiger partial charge on any atom is 0.0900 e. The van der Waals surface area contributed by atoms with E-state index >= 15 is 0 Å². The summed E-state index contributed by atoms with van der Waals surface area (Å²) in [5.74, 6) is 2.41. The second kappa shape index (κ2) is 4.64. The molecule has 0 amide bonds. The number of hydrogen-bond donors (Lipinski definition) is 1. The van der Waals surface area contributed by atoms with E-state index in [4.69, 9.17) is 0 Å². The average Bonchev–Trinajstić information content (AvgIpc) is 2.61. The Hall–Kier alpha value is -0.0600. The van der Waals surface area contributed by atoms with Crippen LogP contribution in [0.25, 0.3) is 0 Å². The van der Waals surface area contributed by atoms with Gasteiger partial charge in [-0.1, -0.05) is 6.92 Å². The highest BCUT2D eigenvalue weighted by Crippen LogP contribution is 2.28. The maximum atomic E-state index is 4.65. The summed E-state index contributed by atoms with van der Waals surface area (Å²) < 4.78 is 0. The van der Waals surface area contributed by atoms with Crippen molar-refractivity contribution in [1.82, 2.24) is 10.3 Å². The van der Waals surface area contributed by atoms with Crippen LogP contribution in [0.2, 0.25) is 0 Å². The zero-order valence-corrected chi connectivity index (χ0v) is 10.3. The topological polar surface area (TPSA) is 24.9 Å². The van der Waals surface area contributed by atoms with Crippen molar-refractivity contribution in [2.45, 2.75) is 26.3 Å². The van der Waals surface area contributed by atoms with Crippen molar-refractivity contribution in [3.05, 3.63) is 15.6 Å². The number of nitrogens with one attached hydrogen (secondary N) is 1. The van der Waals surface area contributed by atoms with Crippen LogP contribution < -0.4 is 5.32 Å². The lowest BCUT2D eigenvalue weighted by atomic mass is 10.2. The van der Waals surface area contributed by atoms with Crippen LogP contribution in [-0.4, -0.2) is 23.0 Å². The Morgan fingerprint density at radius 2 is 2.43 bits per heavy atom. The van der Waals surface area contributed by atoms with Crippen molar-refractivity contribution in [3.8, 4) is 0 Å². The molecule has 78 valence electrons. The molecule has 0 radical (unpaired) electrons. The summed E-state index contributed by atoms with van der Waals surface area (Å²) in [5, 5.41) is 4.75. The number of thioether (sulfide) groups is 1. The molecule has 1 unspecified atom stereocenters. The molecule has 1 aromatic heterocycles. The maximum absolute atomic E-state index is 4.65. The van der Waals surface area contributed by atoms with Crippen LogP contribution in [0.5, 0.6) is 0 Å². The van der Waals surface area contributed by atoms with Gasteiger partial charge in [-0.3, -0.25) is 0 Å². The third-order valence-electron chi connectivity index (χ3n) is 2.41. The van der Waals surface area contributed by atoms with E-state index in [9.17, 15) is 0 Å². The van der Waals surface area contributed by atoms with Gasteiger partial charge in [0.15, 0.2) is 0 Å². The van der Waals surface area contributed by atoms with Gasteiger partial charge >= 0.3 is 0 Å². The standard InChI is InChI=1S/C10H16N2S2/c1-3-9-10(12-7(2)14-9)8-6-13-5-4-11-8/h8,11H,3-6H2,1-2H3. The fraction of sp³-hybridized carbons (Fsp3) is 0.700. The molecule has 1 aliphatic heterocycles. The molecular weight excluding hydrogens is 212 g/mol. The minimum Gasteiger partial charge on any atom is -0.307 e. The molecule has 0 bridgehead atoms. The van der Waals surface area contributed by atoms with Gasteiger partial charge in [-0.25, -0.2) is 4.98 Å². The van der Waals surface area contributed by atoms with Gasteiger partial charge < -0.3 is 5.32 Å². The van der Waals surface area contributed by atoms with Crippen molar-refractivity contribution in [1.29, 1.82) is 0 Å². The molecule has 1 saturated heterocycles. The first kappa shape index (κ1) is 10.5. The Bertz CT molecular complexity index is 303. The largest absolute Gasteiger partial charge is 0.307 e. The molecule has 1 N–H and O–H groups in total. The summed E-state index contributed by atoms with van der Waals surface area (Å²) in [5.41, 5.74) is 1.31.